The first kappa shape index (κ1) is 20.9. The normalized spacial score (nSPS) is 19.1. The number of carbonyl (C=O) groups excluding carboxylic acids is 2. The molecule has 154 valence electrons. The number of cyclic esters (lactones) is 1. The maximum Gasteiger partial charge on any atom is 0.424 e. The van der Waals surface area contributed by atoms with Crippen LogP contribution in [0.1, 0.15) is 30.9 Å². The third-order valence-electron chi connectivity index (χ3n) is 4.76. The van der Waals surface area contributed by atoms with Crippen molar-refractivity contribution in [3.63, 3.8) is 0 Å². The van der Waals surface area contributed by atoms with Gasteiger partial charge < -0.3 is 9.47 Å². The molecule has 1 saturated heterocycles. The predicted molar refractivity (Wildman–Crippen MR) is 105 cm³/mol. The summed E-state index contributed by atoms with van der Waals surface area (Å²) in [6, 6.07) is 14.4. The van der Waals surface area contributed by atoms with Gasteiger partial charge in [-0.15, -0.1) is 0 Å². The fourth-order valence-electron chi connectivity index (χ4n) is 3.18. The van der Waals surface area contributed by atoms with Gasteiger partial charge >= 0.3 is 12.1 Å². The van der Waals surface area contributed by atoms with Gasteiger partial charge in [-0.3, -0.25) is 4.79 Å². The number of nitrogens with zero attached hydrogens (tertiary/aromatic N) is 1. The third-order valence-corrected chi connectivity index (χ3v) is 6.57. The summed E-state index contributed by atoms with van der Waals surface area (Å²) in [5.74, 6) is -0.597. The van der Waals surface area contributed by atoms with Crippen LogP contribution in [-0.2, 0) is 30.9 Å². The minimum atomic E-state index is -4.16. The molecule has 1 heterocycles. The molecule has 0 N–H and O–H groups in total. The summed E-state index contributed by atoms with van der Waals surface area (Å²) in [5.41, 5.74) is 1.70. The Balaban J connectivity index is 1.79. The maximum absolute atomic E-state index is 13.1. The molecule has 0 spiro atoms. The Morgan fingerprint density at radius 3 is 2.38 bits per heavy atom. The Morgan fingerprint density at radius 1 is 1.10 bits per heavy atom. The van der Waals surface area contributed by atoms with Crippen LogP contribution in [0.5, 0.6) is 0 Å². The highest BCUT2D eigenvalue weighted by molar-refractivity contribution is 7.89. The number of sulfonamides is 1. The second-order valence-corrected chi connectivity index (χ2v) is 8.68. The van der Waals surface area contributed by atoms with E-state index in [9.17, 15) is 18.0 Å². The van der Waals surface area contributed by atoms with Crippen molar-refractivity contribution in [1.29, 1.82) is 0 Å². The molecule has 3 rings (SSSR count). The van der Waals surface area contributed by atoms with Gasteiger partial charge in [0.2, 0.25) is 0 Å². The first-order valence-corrected chi connectivity index (χ1v) is 10.8. The van der Waals surface area contributed by atoms with E-state index >= 15 is 0 Å². The smallest absolute Gasteiger partial charge is 0.424 e. The number of ether oxygens (including phenoxy) is 2. The lowest BCUT2D eigenvalue weighted by Gasteiger charge is -2.23. The largest absolute Gasteiger partial charge is 0.461 e. The zero-order valence-electron chi connectivity index (χ0n) is 16.3. The van der Waals surface area contributed by atoms with Gasteiger partial charge in [0.1, 0.15) is 12.7 Å². The van der Waals surface area contributed by atoms with Crippen molar-refractivity contribution in [3.8, 4) is 0 Å². The molecule has 2 aromatic carbocycles. The highest BCUT2D eigenvalue weighted by Crippen LogP contribution is 2.31. The Labute approximate surface area is 170 Å². The number of aryl methyl sites for hydroxylation is 1. The number of hydrogen-bond acceptors (Lipinski definition) is 6. The van der Waals surface area contributed by atoms with Crippen LogP contribution in [0.15, 0.2) is 59.5 Å². The third kappa shape index (κ3) is 4.59. The second-order valence-electron chi connectivity index (χ2n) is 6.86. The van der Waals surface area contributed by atoms with Gasteiger partial charge in [-0.1, -0.05) is 55.0 Å². The zero-order valence-corrected chi connectivity index (χ0v) is 17.1. The van der Waals surface area contributed by atoms with Crippen molar-refractivity contribution < 1.29 is 27.5 Å². The van der Waals surface area contributed by atoms with E-state index in [4.69, 9.17) is 9.47 Å². The van der Waals surface area contributed by atoms with Crippen LogP contribution >= 0.6 is 0 Å². The molecule has 1 amide bonds. The van der Waals surface area contributed by atoms with Crippen molar-refractivity contribution in [2.45, 2.75) is 50.3 Å². The van der Waals surface area contributed by atoms with Crippen LogP contribution in [0.3, 0.4) is 0 Å². The molecule has 0 aromatic heterocycles. The standard InChI is InChI=1S/C21H23NO6S/c1-3-19-18(13-20(23)27-14-16-7-5-4-6-8-16)22(21(24)28-19)29(25,26)17-11-9-15(2)10-12-17/h4-12,18-19H,3,13-14H2,1-2H3/t18-,19-/m0/s1. The molecule has 2 atom stereocenters. The quantitative estimate of drug-likeness (QED) is 0.641. The van der Waals surface area contributed by atoms with Crippen molar-refractivity contribution in [2.75, 3.05) is 0 Å². The number of esters is 1. The maximum atomic E-state index is 13.1. The van der Waals surface area contributed by atoms with Crippen LogP contribution in [0.25, 0.3) is 0 Å². The summed E-state index contributed by atoms with van der Waals surface area (Å²) in [7, 11) is -4.16. The average molecular weight is 417 g/mol. The summed E-state index contributed by atoms with van der Waals surface area (Å²) in [5, 5.41) is 0. The van der Waals surface area contributed by atoms with E-state index < -0.39 is 34.2 Å². The van der Waals surface area contributed by atoms with Crippen LogP contribution in [0.4, 0.5) is 4.79 Å². The van der Waals surface area contributed by atoms with E-state index in [1.807, 2.05) is 37.3 Å². The molecular formula is C21H23NO6S. The highest BCUT2D eigenvalue weighted by atomic mass is 32.2. The Kier molecular flexibility index (Phi) is 6.22. The topological polar surface area (TPSA) is 90.0 Å². The highest BCUT2D eigenvalue weighted by Gasteiger charge is 2.49. The molecule has 2 aromatic rings. The van der Waals surface area contributed by atoms with Gasteiger partial charge in [0, 0.05) is 0 Å². The second kappa shape index (κ2) is 8.65. The molecule has 0 aliphatic carbocycles. The summed E-state index contributed by atoms with van der Waals surface area (Å²) < 4.78 is 37.3. The number of hydrogen-bond donors (Lipinski definition) is 0. The van der Waals surface area contributed by atoms with Crippen LogP contribution < -0.4 is 0 Å². The molecule has 29 heavy (non-hydrogen) atoms. The van der Waals surface area contributed by atoms with Gasteiger partial charge in [0.15, 0.2) is 0 Å². The molecular weight excluding hydrogens is 394 g/mol. The number of rotatable bonds is 7. The summed E-state index contributed by atoms with van der Waals surface area (Å²) >= 11 is 0. The average Bonchev–Trinajstić information content (AvgIpc) is 3.03. The molecule has 7 nitrogen and oxygen atoms in total. The van der Waals surface area contributed by atoms with E-state index in [0.29, 0.717) is 10.7 Å². The van der Waals surface area contributed by atoms with Gasteiger partial charge in [-0.05, 0) is 31.0 Å². The van der Waals surface area contributed by atoms with Crippen LogP contribution in [0.2, 0.25) is 0 Å². The van der Waals surface area contributed by atoms with E-state index in [0.717, 1.165) is 11.1 Å². The van der Waals surface area contributed by atoms with E-state index in [1.165, 1.54) is 12.1 Å². The molecule has 0 radical (unpaired) electrons. The zero-order chi connectivity index (χ0) is 21.0. The first-order valence-electron chi connectivity index (χ1n) is 9.34. The summed E-state index contributed by atoms with van der Waals surface area (Å²) in [4.78, 5) is 24.7. The fourth-order valence-corrected chi connectivity index (χ4v) is 4.70. The Morgan fingerprint density at radius 2 is 1.76 bits per heavy atom. The van der Waals surface area contributed by atoms with Crippen molar-refractivity contribution in [3.05, 3.63) is 65.7 Å². The van der Waals surface area contributed by atoms with Gasteiger partial charge in [0.25, 0.3) is 10.0 Å². The van der Waals surface area contributed by atoms with Crippen LogP contribution in [0, 0.1) is 6.92 Å². The minimum absolute atomic E-state index is 0.0283. The summed E-state index contributed by atoms with van der Waals surface area (Å²) in [6.45, 7) is 3.67. The number of amides is 1. The summed E-state index contributed by atoms with van der Waals surface area (Å²) in [6.07, 6.45) is -1.59. The monoisotopic (exact) mass is 417 g/mol. The van der Waals surface area contributed by atoms with E-state index in [2.05, 4.69) is 0 Å². The van der Waals surface area contributed by atoms with E-state index in [1.54, 1.807) is 19.1 Å². The number of carbonyl (C=O) groups is 2. The SMILES string of the molecule is CC[C@@H]1OC(=O)N(S(=O)(=O)c2ccc(C)cc2)[C@H]1CC(=O)OCc1ccccc1. The lowest BCUT2D eigenvalue weighted by molar-refractivity contribution is -0.146. The van der Waals surface area contributed by atoms with Crippen LogP contribution in [-0.4, -0.2) is 36.9 Å². The van der Waals surface area contributed by atoms with Gasteiger partial charge in [-0.2, -0.15) is 4.31 Å². The van der Waals surface area contributed by atoms with Crippen molar-refractivity contribution in [2.24, 2.45) is 0 Å². The lowest BCUT2D eigenvalue weighted by Crippen LogP contribution is -2.42. The molecule has 1 fully saturated rings. The molecule has 0 saturated carbocycles. The molecule has 8 heteroatoms. The van der Waals surface area contributed by atoms with Crippen molar-refractivity contribution >= 4 is 22.1 Å². The number of benzene rings is 2. The van der Waals surface area contributed by atoms with Gasteiger partial charge in [-0.25, -0.2) is 13.2 Å². The Hall–Kier alpha value is -2.87. The minimum Gasteiger partial charge on any atom is -0.461 e. The lowest BCUT2D eigenvalue weighted by atomic mass is 10.1. The van der Waals surface area contributed by atoms with Crippen molar-refractivity contribution in [1.82, 2.24) is 4.31 Å². The van der Waals surface area contributed by atoms with E-state index in [-0.39, 0.29) is 17.9 Å². The van der Waals surface area contributed by atoms with Gasteiger partial charge in [0.05, 0.1) is 17.4 Å². The molecule has 0 bridgehead atoms. The predicted octanol–water partition coefficient (Wildman–Crippen LogP) is 3.42. The fraction of sp³-hybridized carbons (Fsp3) is 0.333. The Bertz CT molecular complexity index is 972. The molecule has 0 unspecified atom stereocenters. The molecule has 1 aliphatic rings. The molecule has 1 aliphatic heterocycles. The first-order chi connectivity index (χ1) is 13.8.